The van der Waals surface area contributed by atoms with Crippen molar-refractivity contribution in [1.82, 2.24) is 0 Å². The molecule has 0 saturated heterocycles. The van der Waals surface area contributed by atoms with E-state index >= 15 is 0 Å². The highest BCUT2D eigenvalue weighted by Gasteiger charge is 2.22. The first-order valence-electron chi connectivity index (χ1n) is 41.8. The largest absolute Gasteiger partial charge is 0.545 e. The van der Waals surface area contributed by atoms with Crippen molar-refractivity contribution in [2.24, 2.45) is 0 Å². The Morgan fingerprint density at radius 3 is 0.850 bits per heavy atom. The highest BCUT2D eigenvalue weighted by atomic mass is 16.7. The van der Waals surface area contributed by atoms with E-state index in [1.54, 1.807) is 0 Å². The lowest BCUT2D eigenvalue weighted by molar-refractivity contribution is -0.870. The number of carbonyl (C=O) groups is 3. The maximum absolute atomic E-state index is 13.0. The van der Waals surface area contributed by atoms with Crippen molar-refractivity contribution in [2.45, 2.75) is 379 Å². The molecule has 0 rings (SSSR count). The van der Waals surface area contributed by atoms with E-state index in [0.717, 1.165) is 109 Å². The number of esters is 2. The molecule has 0 amide bonds. The molecule has 9 heteroatoms. The maximum atomic E-state index is 13.0. The summed E-state index contributed by atoms with van der Waals surface area (Å²) in [6.45, 7) is 4.63. The summed E-state index contributed by atoms with van der Waals surface area (Å²) in [5.74, 6) is -2.32. The third kappa shape index (κ3) is 80.7. The number of quaternary nitrogens is 1. The molecule has 0 bridgehead atoms. The summed E-state index contributed by atoms with van der Waals surface area (Å²) in [5.41, 5.74) is 0. The SMILES string of the molecule is CC/C=C\C/C=C\C/C=C\C/C=C\C/C=C\C/C=C\C/C=C\C/C=C\C/C=C\C/C=C\C/C=C\CCCCCC(=O)OC(COC(=O)CCCCCCCCCCCCCCCCCCCCCCCCCCCCCCCCCCCCCCCC)COC(OCC[N+](C)(C)C)C(=O)[O-]. The van der Waals surface area contributed by atoms with Crippen LogP contribution in [-0.4, -0.2) is 82.3 Å². The minimum absolute atomic E-state index is 0.136. The Morgan fingerprint density at radius 1 is 0.310 bits per heavy atom. The molecule has 0 aromatic rings. The fraction of sp³-hybridized carbons (Fsp3) is 0.725. The van der Waals surface area contributed by atoms with Crippen LogP contribution in [0.25, 0.3) is 0 Å². The Labute approximate surface area is 618 Å². The highest BCUT2D eigenvalue weighted by Crippen LogP contribution is 2.19. The molecule has 0 aliphatic heterocycles. The van der Waals surface area contributed by atoms with Crippen LogP contribution in [0.3, 0.4) is 0 Å². The Morgan fingerprint density at radius 2 is 0.570 bits per heavy atom. The van der Waals surface area contributed by atoms with E-state index in [1.165, 1.54) is 225 Å². The monoisotopic (exact) mass is 1390 g/mol. The van der Waals surface area contributed by atoms with Crippen molar-refractivity contribution >= 4 is 17.9 Å². The van der Waals surface area contributed by atoms with Gasteiger partial charge in [-0.1, -0.05) is 392 Å². The molecule has 0 aromatic heterocycles. The molecule has 0 spiro atoms. The number of ether oxygens (including phenoxy) is 4. The molecule has 574 valence electrons. The van der Waals surface area contributed by atoms with Gasteiger partial charge in [0.1, 0.15) is 13.2 Å². The smallest absolute Gasteiger partial charge is 0.306 e. The molecule has 2 unspecified atom stereocenters. The maximum Gasteiger partial charge on any atom is 0.306 e. The number of rotatable bonds is 77. The lowest BCUT2D eigenvalue weighted by Crippen LogP contribution is -2.44. The number of carboxylic acids is 1. The summed E-state index contributed by atoms with van der Waals surface area (Å²) in [5, 5.41) is 11.9. The van der Waals surface area contributed by atoms with Gasteiger partial charge < -0.3 is 33.3 Å². The van der Waals surface area contributed by atoms with Crippen molar-refractivity contribution in [3.63, 3.8) is 0 Å². The van der Waals surface area contributed by atoms with Gasteiger partial charge in [-0.25, -0.2) is 0 Å². The predicted molar refractivity (Wildman–Crippen MR) is 430 cm³/mol. The van der Waals surface area contributed by atoms with Gasteiger partial charge in [-0.2, -0.15) is 0 Å². The lowest BCUT2D eigenvalue weighted by Gasteiger charge is -2.26. The van der Waals surface area contributed by atoms with Crippen LogP contribution in [-0.2, 0) is 33.3 Å². The first kappa shape index (κ1) is 95.4. The average Bonchev–Trinajstić information content (AvgIpc) is 1.14. The highest BCUT2D eigenvalue weighted by molar-refractivity contribution is 5.70. The van der Waals surface area contributed by atoms with E-state index in [4.69, 9.17) is 18.9 Å². The summed E-state index contributed by atoms with van der Waals surface area (Å²) in [6, 6.07) is 0. The summed E-state index contributed by atoms with van der Waals surface area (Å²) >= 11 is 0. The van der Waals surface area contributed by atoms with Gasteiger partial charge >= 0.3 is 11.9 Å². The molecule has 0 aliphatic carbocycles. The number of hydrogen-bond acceptors (Lipinski definition) is 8. The molecular formula is C91H157NO8. The standard InChI is InChI=1S/C91H157NO8/c1-6-8-10-12-14-16-18-20-22-24-26-28-30-32-34-36-38-40-42-44-46-47-49-51-53-55-57-59-61-63-65-67-69-71-73-75-77-79-81-88(93)98-85-87(86-99-91(90(95)96)97-84-83-92(3,4)5)100-89(94)82-80-78-76-74-72-70-68-66-64-62-60-58-56-54-52-50-48-45-43-41-39-37-35-33-31-29-27-25-23-21-19-17-15-13-11-9-7-2/h9,11,15,17,21,23,27,29,33,35,39,41,45,48,52,54,58,60,64,66,70,72,87,91H,6-8,10,12-14,16,18-20,22,24-26,28,30-32,34,36-38,40,42-44,46-47,49-51,53,55-57,59,61-63,65,67-69,71,73-86H2,1-5H3/b11-9-,17-15-,23-21-,29-27-,35-33-,41-39-,48-45-,54-52-,60-58-,66-64-,72-70-. The van der Waals surface area contributed by atoms with E-state index in [2.05, 4.69) is 148 Å². The van der Waals surface area contributed by atoms with Crippen LogP contribution < -0.4 is 5.11 Å². The van der Waals surface area contributed by atoms with Gasteiger partial charge in [0.2, 0.25) is 0 Å². The van der Waals surface area contributed by atoms with Crippen LogP contribution in [0.15, 0.2) is 134 Å². The lowest BCUT2D eigenvalue weighted by atomic mass is 10.0. The summed E-state index contributed by atoms with van der Waals surface area (Å²) in [4.78, 5) is 37.6. The van der Waals surface area contributed by atoms with Crippen molar-refractivity contribution in [3.05, 3.63) is 134 Å². The number of aliphatic carboxylic acids is 1. The first-order chi connectivity index (χ1) is 49.1. The van der Waals surface area contributed by atoms with Gasteiger partial charge in [-0.15, -0.1) is 0 Å². The Balaban J connectivity index is 4.08. The van der Waals surface area contributed by atoms with Crippen LogP contribution in [0.1, 0.15) is 367 Å². The second kappa shape index (κ2) is 80.1. The molecule has 0 N–H and O–H groups in total. The van der Waals surface area contributed by atoms with Crippen LogP contribution in [0.4, 0.5) is 0 Å². The van der Waals surface area contributed by atoms with Gasteiger partial charge in [0.25, 0.3) is 0 Å². The fourth-order valence-electron chi connectivity index (χ4n) is 11.8. The quantitative estimate of drug-likeness (QED) is 0.0195. The number of carbonyl (C=O) groups excluding carboxylic acids is 3. The zero-order chi connectivity index (χ0) is 72.5. The van der Waals surface area contributed by atoms with Gasteiger partial charge in [0.05, 0.1) is 40.3 Å². The van der Waals surface area contributed by atoms with Crippen LogP contribution in [0.5, 0.6) is 0 Å². The van der Waals surface area contributed by atoms with Gasteiger partial charge in [-0.3, -0.25) is 9.59 Å². The Bertz CT molecular complexity index is 2120. The van der Waals surface area contributed by atoms with E-state index in [1.807, 2.05) is 21.1 Å². The second-order valence-corrected chi connectivity index (χ2v) is 29.0. The molecule has 0 heterocycles. The number of nitrogens with zero attached hydrogens (tertiary/aromatic N) is 1. The minimum atomic E-state index is -1.64. The molecule has 100 heavy (non-hydrogen) atoms. The second-order valence-electron chi connectivity index (χ2n) is 29.0. The molecule has 2 atom stereocenters. The Hall–Kier alpha value is -4.57. The van der Waals surface area contributed by atoms with E-state index in [9.17, 15) is 19.5 Å². The van der Waals surface area contributed by atoms with Crippen molar-refractivity contribution in [3.8, 4) is 0 Å². The number of allylic oxidation sites excluding steroid dienone is 22. The van der Waals surface area contributed by atoms with Crippen LogP contribution in [0.2, 0.25) is 0 Å². The van der Waals surface area contributed by atoms with Crippen molar-refractivity contribution in [1.29, 1.82) is 0 Å². The van der Waals surface area contributed by atoms with Gasteiger partial charge in [0.15, 0.2) is 12.4 Å². The molecular weight excluding hydrogens is 1230 g/mol. The number of hydrogen-bond donors (Lipinski definition) is 0. The molecule has 0 saturated carbocycles. The molecule has 9 nitrogen and oxygen atoms in total. The van der Waals surface area contributed by atoms with E-state index in [0.29, 0.717) is 17.4 Å². The molecule has 0 radical (unpaired) electrons. The number of unbranched alkanes of at least 4 members (excludes halogenated alkanes) is 40. The normalized spacial score (nSPS) is 13.3. The summed E-state index contributed by atoms with van der Waals surface area (Å²) in [7, 11) is 5.92. The minimum Gasteiger partial charge on any atom is -0.545 e. The zero-order valence-electron chi connectivity index (χ0n) is 65.8. The Kier molecular flexibility index (Phi) is 76.5. The van der Waals surface area contributed by atoms with E-state index < -0.39 is 24.3 Å². The topological polar surface area (TPSA) is 111 Å². The molecule has 0 aromatic carbocycles. The number of carboxylic acid groups (broad SMARTS) is 1. The molecule has 0 aliphatic rings. The van der Waals surface area contributed by atoms with Gasteiger partial charge in [0, 0.05) is 12.8 Å². The zero-order valence-corrected chi connectivity index (χ0v) is 65.8. The molecule has 0 fully saturated rings. The predicted octanol–water partition coefficient (Wildman–Crippen LogP) is 25.9. The fourth-order valence-corrected chi connectivity index (χ4v) is 11.8. The number of likely N-dealkylation sites (N-methyl/N-ethyl adjacent to an activating group) is 1. The summed E-state index contributed by atoms with van der Waals surface area (Å²) < 4.78 is 22.8. The van der Waals surface area contributed by atoms with Gasteiger partial charge in [-0.05, 0) is 96.3 Å². The third-order valence-corrected chi connectivity index (χ3v) is 18.2. The summed E-state index contributed by atoms with van der Waals surface area (Å²) in [6.07, 6.45) is 113. The first-order valence-corrected chi connectivity index (χ1v) is 41.8. The van der Waals surface area contributed by atoms with E-state index in [-0.39, 0.29) is 38.6 Å². The average molecular weight is 1390 g/mol. The van der Waals surface area contributed by atoms with Crippen LogP contribution >= 0.6 is 0 Å². The van der Waals surface area contributed by atoms with Crippen molar-refractivity contribution in [2.75, 3.05) is 47.5 Å². The van der Waals surface area contributed by atoms with Crippen molar-refractivity contribution < 1.29 is 42.9 Å². The van der Waals surface area contributed by atoms with Crippen LogP contribution in [0, 0.1) is 0 Å². The third-order valence-electron chi connectivity index (χ3n) is 18.2.